The molecule has 2 aromatic carbocycles. The summed E-state index contributed by atoms with van der Waals surface area (Å²) in [5.41, 5.74) is 0.262. The first-order valence-electron chi connectivity index (χ1n) is 24.8. The topological polar surface area (TPSA) is 87.1 Å². The molecule has 0 saturated heterocycles. The molecule has 9 heteroatoms. The fraction of sp³-hybridized carbons (Fsp3) is 0.745. The molecule has 0 aliphatic heterocycles. The summed E-state index contributed by atoms with van der Waals surface area (Å²) in [7, 11) is 3.34. The van der Waals surface area contributed by atoms with Gasteiger partial charge in [-0.1, -0.05) is 60.4 Å². The molecule has 0 bridgehead atoms. The van der Waals surface area contributed by atoms with E-state index in [9.17, 15) is 19.8 Å². The largest absolute Gasteiger partial charge is 0.390 e. The lowest BCUT2D eigenvalue weighted by Crippen LogP contribution is -2.51. The van der Waals surface area contributed by atoms with E-state index in [1.807, 2.05) is 62.4 Å². The fourth-order valence-electron chi connectivity index (χ4n) is 16.6. The summed E-state index contributed by atoms with van der Waals surface area (Å²) in [6.45, 7) is 8.89. The van der Waals surface area contributed by atoms with Gasteiger partial charge >= 0.3 is 0 Å². The molecule has 2 N–H and O–H groups in total. The van der Waals surface area contributed by atoms with Gasteiger partial charge in [0.1, 0.15) is 0 Å². The Labute approximate surface area is 404 Å². The molecule has 2 aromatic rings. The summed E-state index contributed by atoms with van der Waals surface area (Å²) in [5.74, 6) is 8.52. The summed E-state index contributed by atoms with van der Waals surface area (Å²) >= 11 is 14.9. The highest BCUT2D eigenvalue weighted by atomic mass is 79.9. The van der Waals surface area contributed by atoms with Crippen LogP contribution in [0, 0.1) is 81.8 Å². The second-order valence-electron chi connectivity index (χ2n) is 23.0. The first-order valence-corrected chi connectivity index (χ1v) is 26.4. The van der Waals surface area contributed by atoms with E-state index in [-0.39, 0.29) is 36.0 Å². The average molecular weight is 986 g/mol. The lowest BCUT2D eigenvalue weighted by Gasteiger charge is -2.56. The van der Waals surface area contributed by atoms with Crippen LogP contribution in [-0.2, 0) is 9.63 Å². The minimum absolute atomic E-state index is 0. The number of fused-ring (bicyclic) bond motifs is 10. The van der Waals surface area contributed by atoms with Crippen molar-refractivity contribution in [3.05, 3.63) is 68.6 Å². The Morgan fingerprint density at radius 2 is 1.02 bits per heavy atom. The number of ketones is 1. The number of benzene rings is 2. The molecule has 64 heavy (non-hydrogen) atoms. The van der Waals surface area contributed by atoms with Crippen molar-refractivity contribution in [2.75, 3.05) is 14.2 Å². The maximum atomic E-state index is 13.4. The predicted octanol–water partition coefficient (Wildman–Crippen LogP) is 14.3. The lowest BCUT2D eigenvalue weighted by atomic mass is 9.49. The van der Waals surface area contributed by atoms with Crippen molar-refractivity contribution < 1.29 is 24.6 Å². The SMILES string of the molecule is C.CON(C)C(=O)[C@H]1CC[C@H]2[C@@H]3CC[C@@H]4C[C@](C)(O)CC[C@@H]4[C@H]3CC[C@]12C.C[C@@]1(O)CC[C@H]2[C@H](CC[C@@H]3[C@@H]2CC[C@]2(C)[C@@H](C(=O)c4ccc(Cl)cc4)CC[C@@H]32)C1.Clc1ccc(Br)cc1. The average Bonchev–Trinajstić information content (AvgIpc) is 3.80. The summed E-state index contributed by atoms with van der Waals surface area (Å²) < 4.78 is 1.06. The number of hydrogen-bond donors (Lipinski definition) is 2. The van der Waals surface area contributed by atoms with Gasteiger partial charge < -0.3 is 10.2 Å². The molecular weight excluding hydrogens is 905 g/mol. The summed E-state index contributed by atoms with van der Waals surface area (Å²) in [6, 6.07) is 15.0. The standard InChI is InChI=1S/C26H35ClO2.C22H37NO3.C6H4BrCl.CH4/c1-25(29)13-11-19-17(15-25)5-8-21-20(19)12-14-26(2)22(21)9-10-23(26)24(28)16-3-6-18(27)7-4-16;1-21(25)11-9-15-14(13-21)5-6-17-16(15)10-12-22(2)18(17)7-8-19(22)20(24)23(3)26-4;7-5-1-3-6(8)4-2-5;/h3-4,6-7,17,19-23,29H,5,8-15H2,1-2H3;14-19,25H,5-13H2,1-4H3;1-4H;1H4/t17-,19+,20-,21-,22+,23-,25-,26+;14-,15+,16-,17-,18+,19-,21-,22+;;/m11../s1. The molecule has 0 spiro atoms. The Kier molecular flexibility index (Phi) is 15.6. The van der Waals surface area contributed by atoms with Crippen LogP contribution < -0.4 is 0 Å². The number of nitrogens with zero attached hydrogens (tertiary/aromatic N) is 1. The van der Waals surface area contributed by atoms with Crippen LogP contribution >= 0.6 is 39.1 Å². The Hall–Kier alpha value is -1.48. The van der Waals surface area contributed by atoms with Gasteiger partial charge in [-0.2, -0.15) is 0 Å². The van der Waals surface area contributed by atoms with E-state index < -0.39 is 11.2 Å². The third kappa shape index (κ3) is 9.99. The van der Waals surface area contributed by atoms with Gasteiger partial charge in [0.25, 0.3) is 0 Å². The minimum atomic E-state index is -0.444. The maximum absolute atomic E-state index is 13.4. The molecule has 8 fully saturated rings. The van der Waals surface area contributed by atoms with Gasteiger partial charge in [0, 0.05) is 39.0 Å². The van der Waals surface area contributed by atoms with Crippen LogP contribution in [0.2, 0.25) is 10.0 Å². The fourth-order valence-corrected chi connectivity index (χ4v) is 17.1. The Balaban J connectivity index is 0.000000162. The minimum Gasteiger partial charge on any atom is -0.390 e. The molecule has 1 amide bonds. The molecule has 16 atom stereocenters. The van der Waals surface area contributed by atoms with Gasteiger partial charge in [-0.15, -0.1) is 0 Å². The first kappa shape index (κ1) is 50.4. The number of halogens is 3. The van der Waals surface area contributed by atoms with Crippen molar-refractivity contribution in [2.45, 2.75) is 162 Å². The molecule has 0 radical (unpaired) electrons. The number of carbonyl (C=O) groups excluding carboxylic acids is 2. The Morgan fingerprint density at radius 3 is 1.47 bits per heavy atom. The Morgan fingerprint density at radius 1 is 0.594 bits per heavy atom. The highest BCUT2D eigenvalue weighted by molar-refractivity contribution is 9.10. The number of hydrogen-bond acceptors (Lipinski definition) is 5. The summed E-state index contributed by atoms with van der Waals surface area (Å²) in [6.07, 6.45) is 21.0. The third-order valence-corrected chi connectivity index (χ3v) is 20.6. The van der Waals surface area contributed by atoms with Gasteiger partial charge in [0.05, 0.1) is 18.3 Å². The van der Waals surface area contributed by atoms with Crippen LogP contribution in [0.1, 0.15) is 161 Å². The van der Waals surface area contributed by atoms with E-state index in [0.29, 0.717) is 22.6 Å². The van der Waals surface area contributed by atoms with Crippen molar-refractivity contribution in [3.8, 4) is 0 Å². The molecule has 8 aliphatic rings. The molecular formula is C55H80BrCl2NO5. The monoisotopic (exact) mass is 983 g/mol. The molecule has 8 aliphatic carbocycles. The molecule has 0 aromatic heterocycles. The Bertz CT molecular complexity index is 1900. The summed E-state index contributed by atoms with van der Waals surface area (Å²) in [5, 5.41) is 24.0. The summed E-state index contributed by atoms with van der Waals surface area (Å²) in [4.78, 5) is 31.5. The quantitative estimate of drug-likeness (QED) is 0.235. The predicted molar refractivity (Wildman–Crippen MR) is 264 cm³/mol. The van der Waals surface area contributed by atoms with Crippen molar-refractivity contribution in [3.63, 3.8) is 0 Å². The van der Waals surface area contributed by atoms with Gasteiger partial charge in [0.2, 0.25) is 5.91 Å². The van der Waals surface area contributed by atoms with Crippen molar-refractivity contribution in [1.82, 2.24) is 5.06 Å². The van der Waals surface area contributed by atoms with Crippen LogP contribution in [0.15, 0.2) is 53.0 Å². The number of amides is 1. The first-order chi connectivity index (χ1) is 29.8. The third-order valence-electron chi connectivity index (χ3n) is 19.6. The van der Waals surface area contributed by atoms with Gasteiger partial charge in [-0.25, -0.2) is 5.06 Å². The number of rotatable bonds is 4. The van der Waals surface area contributed by atoms with Crippen LogP contribution in [0.4, 0.5) is 0 Å². The van der Waals surface area contributed by atoms with E-state index in [1.165, 1.54) is 82.1 Å². The van der Waals surface area contributed by atoms with Crippen molar-refractivity contribution in [2.24, 2.45) is 81.8 Å². The second-order valence-corrected chi connectivity index (χ2v) is 24.8. The van der Waals surface area contributed by atoms with E-state index in [0.717, 1.165) is 101 Å². The molecule has 356 valence electrons. The zero-order valence-corrected chi connectivity index (χ0v) is 42.1. The van der Waals surface area contributed by atoms with Gasteiger partial charge in [-0.05, 0) is 248 Å². The van der Waals surface area contributed by atoms with Gasteiger partial charge in [-0.3, -0.25) is 14.4 Å². The molecule has 8 saturated carbocycles. The molecule has 0 heterocycles. The highest BCUT2D eigenvalue weighted by Crippen LogP contribution is 2.66. The highest BCUT2D eigenvalue weighted by Gasteiger charge is 2.61. The van der Waals surface area contributed by atoms with E-state index in [1.54, 1.807) is 14.2 Å². The zero-order valence-electron chi connectivity index (χ0n) is 39.0. The number of Topliss-reactive ketones (excluding diaryl/α,β-unsaturated/α-hetero) is 1. The second kappa shape index (κ2) is 19.9. The van der Waals surface area contributed by atoms with Crippen LogP contribution in [-0.4, -0.2) is 52.3 Å². The van der Waals surface area contributed by atoms with Crippen LogP contribution in [0.5, 0.6) is 0 Å². The van der Waals surface area contributed by atoms with E-state index in [4.69, 9.17) is 28.0 Å². The number of hydroxylamine groups is 2. The lowest BCUT2D eigenvalue weighted by molar-refractivity contribution is -0.180. The number of carbonyl (C=O) groups is 2. The van der Waals surface area contributed by atoms with E-state index >= 15 is 0 Å². The smallest absolute Gasteiger partial charge is 0.249 e. The van der Waals surface area contributed by atoms with Crippen molar-refractivity contribution in [1.29, 1.82) is 0 Å². The molecule has 6 nitrogen and oxygen atoms in total. The van der Waals surface area contributed by atoms with E-state index in [2.05, 4.69) is 29.8 Å². The molecule has 0 unspecified atom stereocenters. The molecule has 10 rings (SSSR count). The van der Waals surface area contributed by atoms with Gasteiger partial charge in [0.15, 0.2) is 5.78 Å². The van der Waals surface area contributed by atoms with Crippen molar-refractivity contribution >= 4 is 50.8 Å². The van der Waals surface area contributed by atoms with Crippen LogP contribution in [0.25, 0.3) is 0 Å². The normalized spacial score (nSPS) is 42.7. The zero-order chi connectivity index (χ0) is 45.1. The maximum Gasteiger partial charge on any atom is 0.249 e. The van der Waals surface area contributed by atoms with Crippen LogP contribution in [0.3, 0.4) is 0 Å². The number of aliphatic hydroxyl groups is 2.